The summed E-state index contributed by atoms with van der Waals surface area (Å²) in [5.74, 6) is 0.894. The van der Waals surface area contributed by atoms with Crippen molar-refractivity contribution in [2.24, 2.45) is 5.92 Å². The molecular weight excluding hydrogens is 148 g/mol. The Morgan fingerprint density at radius 1 is 1.70 bits per heavy atom. The van der Waals surface area contributed by atoms with Crippen molar-refractivity contribution in [2.45, 2.75) is 19.4 Å². The van der Waals surface area contributed by atoms with Crippen LogP contribution in [0.3, 0.4) is 0 Å². The van der Waals surface area contributed by atoms with Crippen LogP contribution >= 0.6 is 11.6 Å². The summed E-state index contributed by atoms with van der Waals surface area (Å²) in [7, 11) is 0. The fourth-order valence-electron chi connectivity index (χ4n) is 1.03. The highest BCUT2D eigenvalue weighted by Gasteiger charge is 2.21. The maximum atomic E-state index is 5.63. The summed E-state index contributed by atoms with van der Waals surface area (Å²) in [5.41, 5.74) is 0. The van der Waals surface area contributed by atoms with Crippen LogP contribution in [-0.4, -0.2) is 9.55 Å². The topological polar surface area (TPSA) is 17.8 Å². The van der Waals surface area contributed by atoms with Crippen LogP contribution in [0.5, 0.6) is 0 Å². The number of aromatic nitrogens is 2. The number of rotatable bonds is 2. The molecule has 1 saturated carbocycles. The maximum Gasteiger partial charge on any atom is 0.146 e. The average Bonchev–Trinajstić information content (AvgIpc) is 2.59. The van der Waals surface area contributed by atoms with E-state index < -0.39 is 0 Å². The van der Waals surface area contributed by atoms with Crippen molar-refractivity contribution < 1.29 is 0 Å². The molecule has 2 nitrogen and oxygen atoms in total. The standard InChI is InChI=1S/C7H9ClN2/c8-7-4-10(5-9-7)3-6-1-2-6/h4-6H,1-3H2. The molecule has 0 aromatic carbocycles. The molecule has 1 fully saturated rings. The van der Waals surface area contributed by atoms with Crippen molar-refractivity contribution in [3.8, 4) is 0 Å². The van der Waals surface area contributed by atoms with Gasteiger partial charge in [-0.15, -0.1) is 0 Å². The van der Waals surface area contributed by atoms with E-state index in [1.54, 1.807) is 6.33 Å². The first kappa shape index (κ1) is 6.23. The van der Waals surface area contributed by atoms with Gasteiger partial charge in [0.15, 0.2) is 0 Å². The van der Waals surface area contributed by atoms with Gasteiger partial charge in [0.2, 0.25) is 0 Å². The fraction of sp³-hybridized carbons (Fsp3) is 0.571. The van der Waals surface area contributed by atoms with Crippen molar-refractivity contribution in [2.75, 3.05) is 0 Å². The molecule has 1 aromatic rings. The Labute approximate surface area is 64.8 Å². The van der Waals surface area contributed by atoms with E-state index >= 15 is 0 Å². The van der Waals surface area contributed by atoms with Gasteiger partial charge in [0.25, 0.3) is 0 Å². The van der Waals surface area contributed by atoms with E-state index in [2.05, 4.69) is 9.55 Å². The van der Waals surface area contributed by atoms with Crippen LogP contribution < -0.4 is 0 Å². The second kappa shape index (κ2) is 2.27. The lowest BCUT2D eigenvalue weighted by Crippen LogP contribution is -1.94. The summed E-state index contributed by atoms with van der Waals surface area (Å²) in [6, 6.07) is 0. The molecule has 0 unspecified atom stereocenters. The predicted octanol–water partition coefficient (Wildman–Crippen LogP) is 1.95. The molecule has 0 N–H and O–H groups in total. The quantitative estimate of drug-likeness (QED) is 0.640. The van der Waals surface area contributed by atoms with Gasteiger partial charge in [0.1, 0.15) is 5.15 Å². The van der Waals surface area contributed by atoms with Crippen molar-refractivity contribution >= 4 is 11.6 Å². The minimum absolute atomic E-state index is 0.598. The molecule has 54 valence electrons. The van der Waals surface area contributed by atoms with Gasteiger partial charge >= 0.3 is 0 Å². The lowest BCUT2D eigenvalue weighted by Gasteiger charge is -1.95. The third-order valence-corrected chi connectivity index (χ3v) is 1.96. The van der Waals surface area contributed by atoms with E-state index in [9.17, 15) is 0 Å². The molecule has 1 aliphatic carbocycles. The molecule has 0 spiro atoms. The summed E-state index contributed by atoms with van der Waals surface area (Å²) in [6.45, 7) is 1.10. The number of imidazole rings is 1. The van der Waals surface area contributed by atoms with E-state index in [4.69, 9.17) is 11.6 Å². The van der Waals surface area contributed by atoms with Crippen LogP contribution in [0.25, 0.3) is 0 Å². The van der Waals surface area contributed by atoms with Gasteiger partial charge in [-0.1, -0.05) is 11.6 Å². The van der Waals surface area contributed by atoms with Crippen LogP contribution in [0.2, 0.25) is 5.15 Å². The number of nitrogens with zero attached hydrogens (tertiary/aromatic N) is 2. The highest BCUT2D eigenvalue weighted by molar-refractivity contribution is 6.29. The molecule has 3 heteroatoms. The van der Waals surface area contributed by atoms with Gasteiger partial charge in [0, 0.05) is 12.7 Å². The maximum absolute atomic E-state index is 5.63. The average molecular weight is 157 g/mol. The van der Waals surface area contributed by atoms with Crippen molar-refractivity contribution in [3.05, 3.63) is 17.7 Å². The number of hydrogen-bond acceptors (Lipinski definition) is 1. The Hall–Kier alpha value is -0.500. The van der Waals surface area contributed by atoms with Crippen molar-refractivity contribution in [1.29, 1.82) is 0 Å². The van der Waals surface area contributed by atoms with Crippen molar-refractivity contribution in [1.82, 2.24) is 9.55 Å². The molecule has 0 bridgehead atoms. The molecule has 1 aliphatic rings. The molecule has 0 saturated heterocycles. The third-order valence-electron chi connectivity index (χ3n) is 1.77. The Kier molecular flexibility index (Phi) is 1.42. The third kappa shape index (κ3) is 1.32. The first-order chi connectivity index (χ1) is 4.84. The van der Waals surface area contributed by atoms with E-state index in [0.717, 1.165) is 12.5 Å². The fourth-order valence-corrected chi connectivity index (χ4v) is 1.20. The summed E-state index contributed by atoms with van der Waals surface area (Å²) < 4.78 is 2.06. The van der Waals surface area contributed by atoms with Gasteiger partial charge in [-0.3, -0.25) is 0 Å². The van der Waals surface area contributed by atoms with Gasteiger partial charge in [-0.2, -0.15) is 0 Å². The van der Waals surface area contributed by atoms with E-state index in [1.807, 2.05) is 6.20 Å². The smallest absolute Gasteiger partial charge is 0.146 e. The lowest BCUT2D eigenvalue weighted by molar-refractivity contribution is 0.626. The zero-order valence-corrected chi connectivity index (χ0v) is 6.38. The first-order valence-corrected chi connectivity index (χ1v) is 3.89. The van der Waals surface area contributed by atoms with Gasteiger partial charge < -0.3 is 4.57 Å². The summed E-state index contributed by atoms with van der Waals surface area (Å²) in [5, 5.41) is 0.598. The zero-order valence-electron chi connectivity index (χ0n) is 5.63. The molecule has 1 heterocycles. The molecule has 0 amide bonds. The Morgan fingerprint density at radius 2 is 2.50 bits per heavy atom. The number of halogens is 1. The Balaban J connectivity index is 2.03. The van der Waals surface area contributed by atoms with E-state index in [0.29, 0.717) is 5.15 Å². The second-order valence-corrected chi connectivity index (χ2v) is 3.22. The zero-order chi connectivity index (χ0) is 6.97. The SMILES string of the molecule is Clc1cn(CC2CC2)cn1. The monoisotopic (exact) mass is 156 g/mol. The predicted molar refractivity (Wildman–Crippen MR) is 40.0 cm³/mol. The van der Waals surface area contributed by atoms with Crippen LogP contribution in [0.15, 0.2) is 12.5 Å². The van der Waals surface area contributed by atoms with Crippen LogP contribution in [0.1, 0.15) is 12.8 Å². The molecule has 0 aliphatic heterocycles. The highest BCUT2D eigenvalue weighted by atomic mass is 35.5. The van der Waals surface area contributed by atoms with Gasteiger partial charge in [-0.25, -0.2) is 4.98 Å². The summed E-state index contributed by atoms with van der Waals surface area (Å²) in [4.78, 5) is 3.93. The van der Waals surface area contributed by atoms with E-state index in [1.165, 1.54) is 12.8 Å². The minimum atomic E-state index is 0.598. The summed E-state index contributed by atoms with van der Waals surface area (Å²) >= 11 is 5.63. The minimum Gasteiger partial charge on any atom is -0.336 e. The molecule has 0 atom stereocenters. The normalized spacial score (nSPS) is 17.7. The van der Waals surface area contributed by atoms with Crippen LogP contribution in [0, 0.1) is 5.92 Å². The van der Waals surface area contributed by atoms with Crippen LogP contribution in [-0.2, 0) is 6.54 Å². The summed E-state index contributed by atoms with van der Waals surface area (Å²) in [6.07, 6.45) is 6.41. The molecule has 10 heavy (non-hydrogen) atoms. The molecule has 0 radical (unpaired) electrons. The molecule has 1 aromatic heterocycles. The van der Waals surface area contributed by atoms with Gasteiger partial charge in [0.05, 0.1) is 6.33 Å². The molecule has 2 rings (SSSR count). The Morgan fingerprint density at radius 3 is 3.00 bits per heavy atom. The highest BCUT2D eigenvalue weighted by Crippen LogP contribution is 2.30. The van der Waals surface area contributed by atoms with Crippen LogP contribution in [0.4, 0.5) is 0 Å². The Bertz CT molecular complexity index is 227. The second-order valence-electron chi connectivity index (χ2n) is 2.84. The molecular formula is C7H9ClN2. The van der Waals surface area contributed by atoms with Crippen molar-refractivity contribution in [3.63, 3.8) is 0 Å². The first-order valence-electron chi connectivity index (χ1n) is 3.52. The van der Waals surface area contributed by atoms with Gasteiger partial charge in [-0.05, 0) is 18.8 Å². The van der Waals surface area contributed by atoms with E-state index in [-0.39, 0.29) is 0 Å². The largest absolute Gasteiger partial charge is 0.336 e. The lowest BCUT2D eigenvalue weighted by atomic mass is 10.4. The number of hydrogen-bond donors (Lipinski definition) is 0.